The predicted molar refractivity (Wildman–Crippen MR) is 103 cm³/mol. The molecule has 2 rings (SSSR count). The van der Waals surface area contributed by atoms with Crippen LogP contribution in [-0.4, -0.2) is 30.7 Å². The van der Waals surface area contributed by atoms with Crippen LogP contribution in [0.4, 0.5) is 0 Å². The fraction of sp³-hybridized carbons (Fsp3) is 0.333. The van der Waals surface area contributed by atoms with Gasteiger partial charge in [0, 0.05) is 25.0 Å². The molecular weight excluding hydrogens is 326 g/mol. The van der Waals surface area contributed by atoms with E-state index in [-0.39, 0.29) is 11.5 Å². The molecular formula is C21H25N3O2. The number of hydrogen-bond donors (Lipinski definition) is 1. The quantitative estimate of drug-likeness (QED) is 0.493. The first-order valence-corrected chi connectivity index (χ1v) is 8.55. The molecule has 0 fully saturated rings. The molecule has 1 aromatic heterocycles. The number of aromatic nitrogens is 1. The lowest BCUT2D eigenvalue weighted by atomic mass is 10.1. The van der Waals surface area contributed by atoms with Crippen LogP contribution >= 0.6 is 0 Å². The van der Waals surface area contributed by atoms with Crippen LogP contribution in [0.2, 0.25) is 0 Å². The Kier molecular flexibility index (Phi) is 6.37. The van der Waals surface area contributed by atoms with E-state index in [2.05, 4.69) is 35.9 Å². The van der Waals surface area contributed by atoms with Gasteiger partial charge >= 0.3 is 0 Å². The molecule has 0 aliphatic heterocycles. The number of ether oxygens (including phenoxy) is 1. The van der Waals surface area contributed by atoms with E-state index in [4.69, 9.17) is 4.74 Å². The van der Waals surface area contributed by atoms with Crippen LogP contribution in [0.25, 0.3) is 11.8 Å². The molecule has 0 saturated heterocycles. The van der Waals surface area contributed by atoms with E-state index in [9.17, 15) is 10.1 Å². The van der Waals surface area contributed by atoms with Gasteiger partial charge in [0.25, 0.3) is 5.91 Å². The molecule has 136 valence electrons. The Morgan fingerprint density at radius 1 is 1.27 bits per heavy atom. The number of amides is 1. The minimum Gasteiger partial charge on any atom is -0.383 e. The number of benzene rings is 1. The topological polar surface area (TPSA) is 67.0 Å². The Balaban J connectivity index is 2.44. The molecule has 1 amide bonds. The minimum absolute atomic E-state index is 0.0860. The highest BCUT2D eigenvalue weighted by Gasteiger charge is 2.15. The van der Waals surface area contributed by atoms with Crippen molar-refractivity contribution in [1.29, 1.82) is 5.26 Å². The van der Waals surface area contributed by atoms with Gasteiger partial charge in [0.15, 0.2) is 0 Å². The molecule has 1 heterocycles. The van der Waals surface area contributed by atoms with Crippen molar-refractivity contribution >= 4 is 12.0 Å². The first kappa shape index (κ1) is 19.5. The fourth-order valence-electron chi connectivity index (χ4n) is 3.10. The first-order valence-electron chi connectivity index (χ1n) is 8.55. The van der Waals surface area contributed by atoms with Crippen molar-refractivity contribution in [2.24, 2.45) is 0 Å². The first-order chi connectivity index (χ1) is 12.4. The molecule has 0 unspecified atom stereocenters. The molecule has 0 aliphatic carbocycles. The summed E-state index contributed by atoms with van der Waals surface area (Å²) in [6.07, 6.45) is 1.65. The van der Waals surface area contributed by atoms with E-state index in [1.165, 1.54) is 11.1 Å². The van der Waals surface area contributed by atoms with Crippen molar-refractivity contribution in [3.8, 4) is 11.8 Å². The van der Waals surface area contributed by atoms with Gasteiger partial charge in [-0.2, -0.15) is 5.26 Å². The van der Waals surface area contributed by atoms with Crippen LogP contribution in [0, 0.1) is 39.0 Å². The summed E-state index contributed by atoms with van der Waals surface area (Å²) in [6.45, 7) is 8.98. The summed E-state index contributed by atoms with van der Waals surface area (Å²) in [5, 5.41) is 12.1. The molecule has 0 saturated carbocycles. The van der Waals surface area contributed by atoms with E-state index in [0.29, 0.717) is 13.2 Å². The van der Waals surface area contributed by atoms with E-state index >= 15 is 0 Å². The summed E-state index contributed by atoms with van der Waals surface area (Å²) in [5.41, 5.74) is 6.51. The third-order valence-corrected chi connectivity index (χ3v) is 4.39. The van der Waals surface area contributed by atoms with Crippen LogP contribution in [0.5, 0.6) is 0 Å². The SMILES string of the molecule is COCCNC(=O)/C(C#N)=C/c1cc(C)n(-c2c(C)cccc2C)c1C. The molecule has 1 aromatic carbocycles. The highest BCUT2D eigenvalue weighted by molar-refractivity contribution is 6.01. The van der Waals surface area contributed by atoms with Gasteiger partial charge < -0.3 is 14.6 Å². The summed E-state index contributed by atoms with van der Waals surface area (Å²) >= 11 is 0. The van der Waals surface area contributed by atoms with Crippen molar-refractivity contribution in [3.63, 3.8) is 0 Å². The van der Waals surface area contributed by atoms with Gasteiger partial charge in [0.05, 0.1) is 12.3 Å². The number of para-hydroxylation sites is 1. The molecule has 0 atom stereocenters. The summed E-state index contributed by atoms with van der Waals surface area (Å²) in [7, 11) is 1.57. The molecule has 5 heteroatoms. The fourth-order valence-corrected chi connectivity index (χ4v) is 3.10. The number of methoxy groups -OCH3 is 1. The van der Waals surface area contributed by atoms with Crippen molar-refractivity contribution < 1.29 is 9.53 Å². The van der Waals surface area contributed by atoms with E-state index in [1.807, 2.05) is 32.0 Å². The minimum atomic E-state index is -0.388. The number of nitrogens with zero attached hydrogens (tertiary/aromatic N) is 2. The Labute approximate surface area is 154 Å². The second-order valence-corrected chi connectivity index (χ2v) is 6.32. The Bertz CT molecular complexity index is 865. The average molecular weight is 351 g/mol. The lowest BCUT2D eigenvalue weighted by Crippen LogP contribution is -2.27. The summed E-state index contributed by atoms with van der Waals surface area (Å²) in [5.74, 6) is -0.388. The van der Waals surface area contributed by atoms with E-state index in [0.717, 1.165) is 22.6 Å². The van der Waals surface area contributed by atoms with Crippen molar-refractivity contribution in [3.05, 3.63) is 57.9 Å². The number of hydrogen-bond acceptors (Lipinski definition) is 3. The van der Waals surface area contributed by atoms with E-state index in [1.54, 1.807) is 13.2 Å². The maximum absolute atomic E-state index is 12.2. The summed E-state index contributed by atoms with van der Waals surface area (Å²) in [6, 6.07) is 10.2. The van der Waals surface area contributed by atoms with Gasteiger partial charge in [-0.25, -0.2) is 0 Å². The van der Waals surface area contributed by atoms with Crippen LogP contribution in [0.15, 0.2) is 29.8 Å². The molecule has 1 N–H and O–H groups in total. The highest BCUT2D eigenvalue weighted by atomic mass is 16.5. The number of aryl methyl sites for hydroxylation is 3. The predicted octanol–water partition coefficient (Wildman–Crippen LogP) is 3.38. The second-order valence-electron chi connectivity index (χ2n) is 6.32. The van der Waals surface area contributed by atoms with Gasteiger partial charge in [-0.15, -0.1) is 0 Å². The summed E-state index contributed by atoms with van der Waals surface area (Å²) in [4.78, 5) is 12.2. The lowest BCUT2D eigenvalue weighted by molar-refractivity contribution is -0.117. The van der Waals surface area contributed by atoms with Gasteiger partial charge in [0.2, 0.25) is 0 Å². The van der Waals surface area contributed by atoms with Crippen molar-refractivity contribution in [2.45, 2.75) is 27.7 Å². The maximum atomic E-state index is 12.2. The number of carbonyl (C=O) groups excluding carboxylic acids is 1. The largest absolute Gasteiger partial charge is 0.383 e. The third kappa shape index (κ3) is 4.04. The number of rotatable bonds is 6. The maximum Gasteiger partial charge on any atom is 0.262 e. The Hall–Kier alpha value is -2.84. The standard InChI is InChI=1S/C21H25N3O2/c1-14-7-6-8-15(2)20(14)24-16(3)11-18(17(24)4)12-19(13-22)21(25)23-9-10-26-5/h6-8,11-12H,9-10H2,1-5H3,(H,23,25)/b19-12+. The Morgan fingerprint density at radius 2 is 1.92 bits per heavy atom. The van der Waals surface area contributed by atoms with Crippen LogP contribution < -0.4 is 5.32 Å². The normalized spacial score (nSPS) is 11.3. The zero-order valence-corrected chi connectivity index (χ0v) is 16.0. The van der Waals surface area contributed by atoms with Crippen LogP contribution in [0.3, 0.4) is 0 Å². The smallest absolute Gasteiger partial charge is 0.262 e. The zero-order valence-electron chi connectivity index (χ0n) is 16.0. The molecule has 0 spiro atoms. The highest BCUT2D eigenvalue weighted by Crippen LogP contribution is 2.27. The Morgan fingerprint density at radius 3 is 2.50 bits per heavy atom. The second kappa shape index (κ2) is 8.50. The number of carbonyl (C=O) groups is 1. The van der Waals surface area contributed by atoms with Crippen molar-refractivity contribution in [1.82, 2.24) is 9.88 Å². The molecule has 0 aliphatic rings. The average Bonchev–Trinajstić information content (AvgIpc) is 2.87. The number of nitriles is 1. The monoisotopic (exact) mass is 351 g/mol. The summed E-state index contributed by atoms with van der Waals surface area (Å²) < 4.78 is 7.09. The molecule has 0 bridgehead atoms. The lowest BCUT2D eigenvalue weighted by Gasteiger charge is -2.15. The molecule has 0 radical (unpaired) electrons. The zero-order chi connectivity index (χ0) is 19.3. The molecule has 5 nitrogen and oxygen atoms in total. The molecule has 2 aromatic rings. The van der Waals surface area contributed by atoms with Gasteiger partial charge in [-0.3, -0.25) is 4.79 Å². The van der Waals surface area contributed by atoms with E-state index < -0.39 is 0 Å². The van der Waals surface area contributed by atoms with Crippen molar-refractivity contribution in [2.75, 3.05) is 20.3 Å². The van der Waals surface area contributed by atoms with Gasteiger partial charge in [0.1, 0.15) is 11.6 Å². The van der Waals surface area contributed by atoms with Gasteiger partial charge in [-0.05, 0) is 56.5 Å². The number of nitrogens with one attached hydrogen (secondary N) is 1. The van der Waals surface area contributed by atoms with Crippen LogP contribution in [0.1, 0.15) is 28.1 Å². The third-order valence-electron chi connectivity index (χ3n) is 4.39. The van der Waals surface area contributed by atoms with Gasteiger partial charge in [-0.1, -0.05) is 18.2 Å². The molecule has 26 heavy (non-hydrogen) atoms. The van der Waals surface area contributed by atoms with Crippen LogP contribution in [-0.2, 0) is 9.53 Å².